The number of carbonyl (C=O) groups excluding carboxylic acids is 1. The molecule has 1 amide bonds. The van der Waals surface area contributed by atoms with E-state index < -0.39 is 0 Å². The standard InChI is InChI=1S/C22H27ClN2O/c1-16(2)17-9-11-20(12-10-17)24-22(26)19-7-5-13-25(15-19)14-18-6-3-4-8-21(18)23/h3-4,6,8-12,16,19H,5,7,13-15H2,1-2H3,(H,24,26)/t19-/m0/s1. The lowest BCUT2D eigenvalue weighted by atomic mass is 9.96. The number of rotatable bonds is 5. The quantitative estimate of drug-likeness (QED) is 0.773. The topological polar surface area (TPSA) is 32.3 Å². The summed E-state index contributed by atoms with van der Waals surface area (Å²) in [6, 6.07) is 16.1. The fourth-order valence-electron chi connectivity index (χ4n) is 3.48. The van der Waals surface area contributed by atoms with Gasteiger partial charge in [0.2, 0.25) is 5.91 Å². The number of nitrogens with zero attached hydrogens (tertiary/aromatic N) is 1. The van der Waals surface area contributed by atoms with Gasteiger partial charge < -0.3 is 5.32 Å². The van der Waals surface area contributed by atoms with Gasteiger partial charge in [0.05, 0.1) is 5.92 Å². The van der Waals surface area contributed by atoms with E-state index in [1.807, 2.05) is 30.3 Å². The van der Waals surface area contributed by atoms with Crippen LogP contribution in [0.4, 0.5) is 5.69 Å². The Labute approximate surface area is 161 Å². The summed E-state index contributed by atoms with van der Waals surface area (Å²) in [5.41, 5.74) is 3.29. The molecule has 4 heteroatoms. The summed E-state index contributed by atoms with van der Waals surface area (Å²) in [5, 5.41) is 3.88. The highest BCUT2D eigenvalue weighted by atomic mass is 35.5. The summed E-state index contributed by atoms with van der Waals surface area (Å²) in [6.45, 7) is 6.93. The van der Waals surface area contributed by atoms with Crippen molar-refractivity contribution in [1.29, 1.82) is 0 Å². The molecule has 3 rings (SSSR count). The summed E-state index contributed by atoms with van der Waals surface area (Å²) < 4.78 is 0. The van der Waals surface area contributed by atoms with Gasteiger partial charge in [0.15, 0.2) is 0 Å². The number of halogens is 1. The summed E-state index contributed by atoms with van der Waals surface area (Å²) in [6.07, 6.45) is 1.98. The van der Waals surface area contributed by atoms with Gasteiger partial charge in [-0.25, -0.2) is 0 Å². The number of amides is 1. The molecule has 0 bridgehead atoms. The number of anilines is 1. The van der Waals surface area contributed by atoms with Crippen molar-refractivity contribution in [2.75, 3.05) is 18.4 Å². The van der Waals surface area contributed by atoms with E-state index in [1.54, 1.807) is 0 Å². The molecule has 0 aliphatic carbocycles. The molecule has 1 heterocycles. The molecule has 0 unspecified atom stereocenters. The maximum Gasteiger partial charge on any atom is 0.228 e. The zero-order valence-corrected chi connectivity index (χ0v) is 16.3. The van der Waals surface area contributed by atoms with Crippen LogP contribution in [0.3, 0.4) is 0 Å². The summed E-state index contributed by atoms with van der Waals surface area (Å²) in [7, 11) is 0. The van der Waals surface area contributed by atoms with Crippen LogP contribution in [0.2, 0.25) is 5.02 Å². The third-order valence-electron chi connectivity index (χ3n) is 5.07. The van der Waals surface area contributed by atoms with Gasteiger partial charge in [-0.1, -0.05) is 55.8 Å². The first-order valence-electron chi connectivity index (χ1n) is 9.39. The Hall–Kier alpha value is -1.84. The number of carbonyl (C=O) groups is 1. The first kappa shape index (κ1) is 18.9. The monoisotopic (exact) mass is 370 g/mol. The number of hydrogen-bond acceptors (Lipinski definition) is 2. The minimum Gasteiger partial charge on any atom is -0.326 e. The number of likely N-dealkylation sites (tertiary alicyclic amines) is 1. The van der Waals surface area contributed by atoms with E-state index in [1.165, 1.54) is 5.56 Å². The van der Waals surface area contributed by atoms with E-state index in [-0.39, 0.29) is 11.8 Å². The minimum atomic E-state index is 0.0241. The Morgan fingerprint density at radius 3 is 2.62 bits per heavy atom. The van der Waals surface area contributed by atoms with E-state index in [9.17, 15) is 4.79 Å². The molecule has 1 aliphatic heterocycles. The Balaban J connectivity index is 1.58. The van der Waals surface area contributed by atoms with Gasteiger partial charge in [-0.2, -0.15) is 0 Å². The molecular weight excluding hydrogens is 344 g/mol. The van der Waals surface area contributed by atoms with Crippen LogP contribution in [0.15, 0.2) is 48.5 Å². The molecule has 2 aromatic rings. The van der Waals surface area contributed by atoms with Crippen molar-refractivity contribution in [3.63, 3.8) is 0 Å². The van der Waals surface area contributed by atoms with E-state index in [2.05, 4.69) is 42.3 Å². The Morgan fingerprint density at radius 2 is 1.92 bits per heavy atom. The molecule has 1 aliphatic rings. The van der Waals surface area contributed by atoms with Crippen LogP contribution in [0.1, 0.15) is 43.7 Å². The van der Waals surface area contributed by atoms with Crippen molar-refractivity contribution < 1.29 is 4.79 Å². The molecule has 2 aromatic carbocycles. The van der Waals surface area contributed by atoms with Crippen molar-refractivity contribution >= 4 is 23.2 Å². The van der Waals surface area contributed by atoms with Crippen LogP contribution in [0.25, 0.3) is 0 Å². The molecule has 1 N–H and O–H groups in total. The molecule has 1 fully saturated rings. The van der Waals surface area contributed by atoms with Crippen LogP contribution in [0.5, 0.6) is 0 Å². The van der Waals surface area contributed by atoms with Crippen molar-refractivity contribution in [2.45, 2.75) is 39.2 Å². The Bertz CT molecular complexity index is 742. The Kier molecular flexibility index (Phi) is 6.33. The molecule has 3 nitrogen and oxygen atoms in total. The second-order valence-corrected chi connectivity index (χ2v) is 7.84. The van der Waals surface area contributed by atoms with Gasteiger partial charge in [0.25, 0.3) is 0 Å². The number of benzene rings is 2. The fraction of sp³-hybridized carbons (Fsp3) is 0.409. The molecule has 0 saturated carbocycles. The van der Waals surface area contributed by atoms with E-state index in [0.29, 0.717) is 5.92 Å². The molecule has 0 aromatic heterocycles. The summed E-state index contributed by atoms with van der Waals surface area (Å²) in [5.74, 6) is 0.638. The molecule has 0 spiro atoms. The van der Waals surface area contributed by atoms with Crippen molar-refractivity contribution in [1.82, 2.24) is 4.90 Å². The molecule has 138 valence electrons. The first-order chi connectivity index (χ1) is 12.5. The third-order valence-corrected chi connectivity index (χ3v) is 5.44. The number of nitrogens with one attached hydrogen (secondary N) is 1. The first-order valence-corrected chi connectivity index (χ1v) is 9.77. The smallest absolute Gasteiger partial charge is 0.228 e. The Morgan fingerprint density at radius 1 is 1.19 bits per heavy atom. The molecule has 1 saturated heterocycles. The molecular formula is C22H27ClN2O. The summed E-state index contributed by atoms with van der Waals surface area (Å²) in [4.78, 5) is 15.0. The second-order valence-electron chi connectivity index (χ2n) is 7.43. The van der Waals surface area contributed by atoms with Crippen LogP contribution in [-0.4, -0.2) is 23.9 Å². The van der Waals surface area contributed by atoms with E-state index in [4.69, 9.17) is 11.6 Å². The maximum atomic E-state index is 12.7. The van der Waals surface area contributed by atoms with Gasteiger partial charge in [-0.15, -0.1) is 0 Å². The lowest BCUT2D eigenvalue weighted by molar-refractivity contribution is -0.121. The highest BCUT2D eigenvalue weighted by Gasteiger charge is 2.26. The number of piperidine rings is 1. The van der Waals surface area contributed by atoms with E-state index >= 15 is 0 Å². The predicted octanol–water partition coefficient (Wildman–Crippen LogP) is 5.31. The second kappa shape index (κ2) is 8.70. The average Bonchev–Trinajstić information content (AvgIpc) is 2.64. The molecule has 26 heavy (non-hydrogen) atoms. The molecule has 1 atom stereocenters. The SMILES string of the molecule is CC(C)c1ccc(NC(=O)[C@H]2CCCN(Cc3ccccc3Cl)C2)cc1. The van der Waals surface area contributed by atoms with Gasteiger partial charge in [0.1, 0.15) is 0 Å². The van der Waals surface area contributed by atoms with Crippen molar-refractivity contribution in [3.8, 4) is 0 Å². The maximum absolute atomic E-state index is 12.7. The highest BCUT2D eigenvalue weighted by Crippen LogP contribution is 2.24. The normalized spacial score (nSPS) is 18.1. The summed E-state index contributed by atoms with van der Waals surface area (Å²) >= 11 is 6.28. The third kappa shape index (κ3) is 4.87. The van der Waals surface area contributed by atoms with Gasteiger partial charge >= 0.3 is 0 Å². The highest BCUT2D eigenvalue weighted by molar-refractivity contribution is 6.31. The van der Waals surface area contributed by atoms with Gasteiger partial charge in [0, 0.05) is 23.8 Å². The lowest BCUT2D eigenvalue weighted by Gasteiger charge is -2.32. The van der Waals surface area contributed by atoms with Gasteiger partial charge in [-0.3, -0.25) is 9.69 Å². The van der Waals surface area contributed by atoms with Crippen LogP contribution in [0, 0.1) is 5.92 Å². The zero-order chi connectivity index (χ0) is 18.5. The van der Waals surface area contributed by atoms with Crippen LogP contribution < -0.4 is 5.32 Å². The predicted molar refractivity (Wildman–Crippen MR) is 109 cm³/mol. The molecule has 0 radical (unpaired) electrons. The van der Waals surface area contributed by atoms with Crippen LogP contribution >= 0.6 is 11.6 Å². The van der Waals surface area contributed by atoms with Crippen molar-refractivity contribution in [2.24, 2.45) is 5.92 Å². The number of hydrogen-bond donors (Lipinski definition) is 1. The van der Waals surface area contributed by atoms with Gasteiger partial charge in [-0.05, 0) is 54.6 Å². The zero-order valence-electron chi connectivity index (χ0n) is 15.5. The van der Waals surface area contributed by atoms with Crippen LogP contribution in [-0.2, 0) is 11.3 Å². The van der Waals surface area contributed by atoms with Crippen molar-refractivity contribution in [3.05, 3.63) is 64.7 Å². The minimum absolute atomic E-state index is 0.0241. The average molecular weight is 371 g/mol. The largest absolute Gasteiger partial charge is 0.326 e. The lowest BCUT2D eigenvalue weighted by Crippen LogP contribution is -2.40. The fourth-order valence-corrected chi connectivity index (χ4v) is 3.67. The van der Waals surface area contributed by atoms with E-state index in [0.717, 1.165) is 48.7 Å².